The van der Waals surface area contributed by atoms with E-state index in [1.807, 2.05) is 43.3 Å². The van der Waals surface area contributed by atoms with Crippen molar-refractivity contribution in [2.45, 2.75) is 6.92 Å². The highest BCUT2D eigenvalue weighted by Crippen LogP contribution is 2.30. The van der Waals surface area contributed by atoms with Crippen molar-refractivity contribution in [3.05, 3.63) is 42.2 Å². The van der Waals surface area contributed by atoms with Gasteiger partial charge in [-0.25, -0.2) is 14.8 Å². The molecule has 0 aliphatic rings. The molecule has 0 aliphatic heterocycles. The molecule has 1 N–H and O–H groups in total. The number of carbonyl (C=O) groups is 1. The maximum absolute atomic E-state index is 12.2. The molecule has 0 bridgehead atoms. The van der Waals surface area contributed by atoms with E-state index in [4.69, 9.17) is 4.74 Å². The summed E-state index contributed by atoms with van der Waals surface area (Å²) >= 11 is 0. The lowest BCUT2D eigenvalue weighted by atomic mass is 10.0. The van der Waals surface area contributed by atoms with Crippen LogP contribution in [-0.2, 0) is 4.74 Å². The van der Waals surface area contributed by atoms with Gasteiger partial charge in [-0.2, -0.15) is 0 Å². The largest absolute Gasteiger partial charge is 0.462 e. The normalized spacial score (nSPS) is 10.7. The fourth-order valence-corrected chi connectivity index (χ4v) is 2.53. The lowest BCUT2D eigenvalue weighted by Crippen LogP contribution is -2.10. The molecule has 6 nitrogen and oxygen atoms in total. The first-order valence-corrected chi connectivity index (χ1v) is 7.39. The maximum Gasteiger partial charge on any atom is 0.338 e. The van der Waals surface area contributed by atoms with Crippen LogP contribution in [0.5, 0.6) is 0 Å². The number of fused-ring (bicyclic) bond motifs is 1. The van der Waals surface area contributed by atoms with Crippen LogP contribution in [0, 0.1) is 0 Å². The predicted molar refractivity (Wildman–Crippen MR) is 89.6 cm³/mol. The summed E-state index contributed by atoms with van der Waals surface area (Å²) in [6.45, 7) is 2.14. The van der Waals surface area contributed by atoms with E-state index in [0.29, 0.717) is 12.2 Å². The Morgan fingerprint density at radius 1 is 1.26 bits per heavy atom. The highest BCUT2D eigenvalue weighted by molar-refractivity contribution is 5.99. The summed E-state index contributed by atoms with van der Waals surface area (Å²) in [4.78, 5) is 25.9. The van der Waals surface area contributed by atoms with Gasteiger partial charge in [0, 0.05) is 25.4 Å². The third-order valence-electron chi connectivity index (χ3n) is 3.54. The molecular weight excluding hydrogens is 292 g/mol. The van der Waals surface area contributed by atoms with Crippen LogP contribution in [0.25, 0.3) is 22.3 Å². The van der Waals surface area contributed by atoms with E-state index in [9.17, 15) is 4.79 Å². The van der Waals surface area contributed by atoms with E-state index in [1.54, 1.807) is 13.0 Å². The van der Waals surface area contributed by atoms with E-state index in [0.717, 1.165) is 28.1 Å². The monoisotopic (exact) mass is 310 g/mol. The highest BCUT2D eigenvalue weighted by atomic mass is 16.5. The highest BCUT2D eigenvalue weighted by Gasteiger charge is 2.16. The van der Waals surface area contributed by atoms with Gasteiger partial charge >= 0.3 is 5.97 Å². The number of rotatable bonds is 4. The standard InChI is InChI=1S/C17H18N4O2/c1-4-23-17(22)12-8-6-5-7-11(12)14-9-13-15(20-14)18-10-19-16(13)21(2)3/h5-10H,4H2,1-3H3,(H,18,19,20). The van der Waals surface area contributed by atoms with E-state index in [-0.39, 0.29) is 5.97 Å². The van der Waals surface area contributed by atoms with Crippen LogP contribution in [-0.4, -0.2) is 41.6 Å². The lowest BCUT2D eigenvalue weighted by molar-refractivity contribution is 0.0527. The number of nitrogens with zero attached hydrogens (tertiary/aromatic N) is 3. The number of carbonyl (C=O) groups excluding carboxylic acids is 1. The summed E-state index contributed by atoms with van der Waals surface area (Å²) in [7, 11) is 3.86. The predicted octanol–water partition coefficient (Wildman–Crippen LogP) is 2.87. The van der Waals surface area contributed by atoms with E-state index < -0.39 is 0 Å². The summed E-state index contributed by atoms with van der Waals surface area (Å²) in [5, 5.41) is 0.908. The van der Waals surface area contributed by atoms with Crippen molar-refractivity contribution in [3.8, 4) is 11.3 Å². The van der Waals surface area contributed by atoms with Crippen LogP contribution >= 0.6 is 0 Å². The van der Waals surface area contributed by atoms with Crippen molar-refractivity contribution in [1.82, 2.24) is 15.0 Å². The molecule has 6 heteroatoms. The van der Waals surface area contributed by atoms with Crippen LogP contribution in [0.3, 0.4) is 0 Å². The average molecular weight is 310 g/mol. The number of hydrogen-bond donors (Lipinski definition) is 1. The molecule has 0 spiro atoms. The molecule has 0 fully saturated rings. The molecule has 2 aromatic heterocycles. The summed E-state index contributed by atoms with van der Waals surface area (Å²) in [5.41, 5.74) is 2.86. The molecule has 23 heavy (non-hydrogen) atoms. The van der Waals surface area contributed by atoms with Crippen molar-refractivity contribution in [3.63, 3.8) is 0 Å². The van der Waals surface area contributed by atoms with Crippen LogP contribution in [0.2, 0.25) is 0 Å². The molecule has 0 saturated heterocycles. The quantitative estimate of drug-likeness (QED) is 0.750. The van der Waals surface area contributed by atoms with Gasteiger partial charge in [0.25, 0.3) is 0 Å². The number of esters is 1. The summed E-state index contributed by atoms with van der Waals surface area (Å²) < 4.78 is 5.14. The molecular formula is C17H18N4O2. The van der Waals surface area contributed by atoms with Gasteiger partial charge < -0.3 is 14.6 Å². The Labute approximate surface area is 134 Å². The Bertz CT molecular complexity index is 855. The number of ether oxygens (including phenoxy) is 1. The average Bonchev–Trinajstić information content (AvgIpc) is 2.98. The topological polar surface area (TPSA) is 71.1 Å². The van der Waals surface area contributed by atoms with Gasteiger partial charge in [0.2, 0.25) is 0 Å². The smallest absolute Gasteiger partial charge is 0.338 e. The molecule has 0 radical (unpaired) electrons. The second-order valence-electron chi connectivity index (χ2n) is 5.30. The number of H-pyrrole nitrogens is 1. The molecule has 0 aliphatic carbocycles. The number of aromatic amines is 1. The summed E-state index contributed by atoms with van der Waals surface area (Å²) in [6, 6.07) is 9.32. The maximum atomic E-state index is 12.2. The Hall–Kier alpha value is -2.89. The van der Waals surface area contributed by atoms with Gasteiger partial charge in [-0.1, -0.05) is 18.2 Å². The molecule has 3 aromatic rings. The number of hydrogen-bond acceptors (Lipinski definition) is 5. The molecule has 0 amide bonds. The number of aromatic nitrogens is 3. The first-order valence-electron chi connectivity index (χ1n) is 7.39. The zero-order valence-electron chi connectivity index (χ0n) is 13.3. The van der Waals surface area contributed by atoms with Gasteiger partial charge in [0.1, 0.15) is 17.8 Å². The molecule has 118 valence electrons. The van der Waals surface area contributed by atoms with Gasteiger partial charge in [0.15, 0.2) is 0 Å². The molecule has 0 saturated carbocycles. The Morgan fingerprint density at radius 2 is 2.04 bits per heavy atom. The minimum absolute atomic E-state index is 0.333. The van der Waals surface area contributed by atoms with Crippen molar-refractivity contribution in [2.24, 2.45) is 0 Å². The number of benzene rings is 1. The first kappa shape index (κ1) is 15.0. The third-order valence-corrected chi connectivity index (χ3v) is 3.54. The fraction of sp³-hybridized carbons (Fsp3) is 0.235. The fourth-order valence-electron chi connectivity index (χ4n) is 2.53. The molecule has 0 atom stereocenters. The summed E-state index contributed by atoms with van der Waals surface area (Å²) in [6.07, 6.45) is 1.52. The van der Waals surface area contributed by atoms with Gasteiger partial charge in [-0.15, -0.1) is 0 Å². The zero-order chi connectivity index (χ0) is 16.4. The summed E-state index contributed by atoms with van der Waals surface area (Å²) in [5.74, 6) is 0.492. The Morgan fingerprint density at radius 3 is 2.78 bits per heavy atom. The van der Waals surface area contributed by atoms with E-state index in [2.05, 4.69) is 15.0 Å². The molecule has 1 aromatic carbocycles. The van der Waals surface area contributed by atoms with Crippen LogP contribution in [0.4, 0.5) is 5.82 Å². The van der Waals surface area contributed by atoms with Crippen LogP contribution in [0.1, 0.15) is 17.3 Å². The second kappa shape index (κ2) is 6.08. The molecule has 2 heterocycles. The van der Waals surface area contributed by atoms with E-state index in [1.165, 1.54) is 6.33 Å². The Balaban J connectivity index is 2.15. The van der Waals surface area contributed by atoms with Crippen molar-refractivity contribution in [2.75, 3.05) is 25.6 Å². The molecule has 3 rings (SSSR count). The van der Waals surface area contributed by atoms with Gasteiger partial charge in [-0.05, 0) is 19.1 Å². The minimum atomic E-state index is -0.333. The van der Waals surface area contributed by atoms with Crippen molar-refractivity contribution < 1.29 is 9.53 Å². The van der Waals surface area contributed by atoms with Crippen molar-refractivity contribution in [1.29, 1.82) is 0 Å². The van der Waals surface area contributed by atoms with E-state index >= 15 is 0 Å². The minimum Gasteiger partial charge on any atom is -0.462 e. The third kappa shape index (κ3) is 2.75. The van der Waals surface area contributed by atoms with Gasteiger partial charge in [-0.3, -0.25) is 0 Å². The number of anilines is 1. The van der Waals surface area contributed by atoms with Crippen molar-refractivity contribution >= 4 is 22.8 Å². The Kier molecular flexibility index (Phi) is 3.97. The van der Waals surface area contributed by atoms with Gasteiger partial charge in [0.05, 0.1) is 17.6 Å². The van der Waals surface area contributed by atoms with Crippen LogP contribution < -0.4 is 4.90 Å². The lowest BCUT2D eigenvalue weighted by Gasteiger charge is -2.10. The molecule has 0 unspecified atom stereocenters. The second-order valence-corrected chi connectivity index (χ2v) is 5.30. The number of nitrogens with one attached hydrogen (secondary N) is 1. The zero-order valence-corrected chi connectivity index (χ0v) is 13.3. The SMILES string of the molecule is CCOC(=O)c1ccccc1-c1cc2c(N(C)C)ncnc2[nH]1. The van der Waals surface area contributed by atoms with Crippen LogP contribution in [0.15, 0.2) is 36.7 Å². The first-order chi connectivity index (χ1) is 11.1.